The van der Waals surface area contributed by atoms with Crippen molar-refractivity contribution in [2.24, 2.45) is 5.73 Å². The van der Waals surface area contributed by atoms with Gasteiger partial charge in [-0.1, -0.05) is 210 Å². The standard InChI is InChI=1S/C47H90NO7P/c1-2-3-4-5-6-7-8-9-10-11-12-13-14-15-16-17-18-19-20-21-22-23-24-25-26-27-28-29-30-31-32-33-34-35-36-37-38-39-40-41-47(50)53-44-46(49)45-55-56(51,52)54-43-42-48/h8-9,11-12,14-15,46,49H,2-7,10,13,16-45,48H2,1H3,(H,51,52)/b9-8-,12-11-,15-14-. The molecule has 0 aromatic rings. The summed E-state index contributed by atoms with van der Waals surface area (Å²) in [4.78, 5) is 21.3. The molecule has 0 aromatic heterocycles. The maximum absolute atomic E-state index is 11.9. The quantitative estimate of drug-likeness (QED) is 0.0240. The third-order valence-electron chi connectivity index (χ3n) is 10.3. The molecule has 0 fully saturated rings. The third kappa shape index (κ3) is 45.4. The molecule has 0 amide bonds. The van der Waals surface area contributed by atoms with Crippen LogP contribution >= 0.6 is 7.82 Å². The van der Waals surface area contributed by atoms with Crippen molar-refractivity contribution in [2.75, 3.05) is 26.4 Å². The molecule has 0 rings (SSSR count). The summed E-state index contributed by atoms with van der Waals surface area (Å²) >= 11 is 0. The lowest BCUT2D eigenvalue weighted by atomic mass is 10.0. The van der Waals surface area contributed by atoms with Gasteiger partial charge < -0.3 is 20.5 Å². The molecule has 56 heavy (non-hydrogen) atoms. The van der Waals surface area contributed by atoms with E-state index in [1.54, 1.807) is 0 Å². The van der Waals surface area contributed by atoms with Gasteiger partial charge in [-0.05, 0) is 44.9 Å². The van der Waals surface area contributed by atoms with Crippen LogP contribution in [0.1, 0.15) is 225 Å². The van der Waals surface area contributed by atoms with Crippen LogP contribution in [0, 0.1) is 0 Å². The van der Waals surface area contributed by atoms with E-state index in [2.05, 4.69) is 52.4 Å². The molecule has 330 valence electrons. The number of esters is 1. The zero-order valence-electron chi connectivity index (χ0n) is 36.4. The van der Waals surface area contributed by atoms with Gasteiger partial charge in [0.15, 0.2) is 0 Å². The van der Waals surface area contributed by atoms with Crippen LogP contribution in [0.5, 0.6) is 0 Å². The van der Waals surface area contributed by atoms with E-state index < -0.39 is 20.5 Å². The van der Waals surface area contributed by atoms with Crippen LogP contribution in [-0.2, 0) is 23.1 Å². The highest BCUT2D eigenvalue weighted by Crippen LogP contribution is 2.42. The Labute approximate surface area is 345 Å². The summed E-state index contributed by atoms with van der Waals surface area (Å²) in [6, 6.07) is 0. The Kier molecular flexibility index (Phi) is 43.8. The molecule has 0 aliphatic carbocycles. The number of ether oxygens (including phenoxy) is 1. The van der Waals surface area contributed by atoms with Crippen LogP contribution in [-0.4, -0.2) is 48.4 Å². The molecule has 0 heterocycles. The van der Waals surface area contributed by atoms with Gasteiger partial charge in [0.1, 0.15) is 12.7 Å². The summed E-state index contributed by atoms with van der Waals surface area (Å²) in [6.07, 6.45) is 56.5. The second-order valence-electron chi connectivity index (χ2n) is 15.8. The van der Waals surface area contributed by atoms with E-state index in [-0.39, 0.29) is 25.7 Å². The van der Waals surface area contributed by atoms with Crippen molar-refractivity contribution >= 4 is 13.8 Å². The number of aliphatic hydroxyl groups excluding tert-OH is 1. The first-order chi connectivity index (χ1) is 27.4. The highest BCUT2D eigenvalue weighted by Gasteiger charge is 2.22. The van der Waals surface area contributed by atoms with Crippen LogP contribution in [0.2, 0.25) is 0 Å². The van der Waals surface area contributed by atoms with Crippen molar-refractivity contribution in [3.05, 3.63) is 36.5 Å². The molecule has 0 aliphatic heterocycles. The summed E-state index contributed by atoms with van der Waals surface area (Å²) in [6.45, 7) is 1.47. The van der Waals surface area contributed by atoms with Crippen molar-refractivity contribution in [3.8, 4) is 0 Å². The number of carbonyl (C=O) groups is 1. The third-order valence-corrected chi connectivity index (χ3v) is 11.2. The predicted octanol–water partition coefficient (Wildman–Crippen LogP) is 13.9. The van der Waals surface area contributed by atoms with Crippen molar-refractivity contribution in [3.63, 3.8) is 0 Å². The zero-order valence-corrected chi connectivity index (χ0v) is 37.3. The number of phosphoric ester groups is 1. The number of nitrogens with two attached hydrogens (primary N) is 1. The topological polar surface area (TPSA) is 128 Å². The van der Waals surface area contributed by atoms with Crippen molar-refractivity contribution in [2.45, 2.75) is 231 Å². The van der Waals surface area contributed by atoms with E-state index >= 15 is 0 Å². The van der Waals surface area contributed by atoms with Gasteiger partial charge >= 0.3 is 13.8 Å². The van der Waals surface area contributed by atoms with Crippen LogP contribution in [0.25, 0.3) is 0 Å². The first-order valence-electron chi connectivity index (χ1n) is 23.5. The van der Waals surface area contributed by atoms with Crippen LogP contribution < -0.4 is 5.73 Å². The van der Waals surface area contributed by atoms with Crippen LogP contribution in [0.15, 0.2) is 36.5 Å². The molecule has 0 aromatic carbocycles. The molecule has 0 spiro atoms. The molecular formula is C47H90NO7P. The number of unbranched alkanes of at least 4 members (excludes halogenated alkanes) is 29. The highest BCUT2D eigenvalue weighted by molar-refractivity contribution is 7.47. The van der Waals surface area contributed by atoms with Gasteiger partial charge in [-0.15, -0.1) is 0 Å². The fraction of sp³-hybridized carbons (Fsp3) is 0.851. The highest BCUT2D eigenvalue weighted by atomic mass is 31.2. The molecule has 0 bridgehead atoms. The van der Waals surface area contributed by atoms with E-state index in [9.17, 15) is 19.4 Å². The maximum atomic E-state index is 11.9. The summed E-state index contributed by atoms with van der Waals surface area (Å²) in [5.41, 5.74) is 5.21. The maximum Gasteiger partial charge on any atom is 0.472 e. The minimum Gasteiger partial charge on any atom is -0.463 e. The van der Waals surface area contributed by atoms with Crippen molar-refractivity contribution in [1.29, 1.82) is 0 Å². The summed E-state index contributed by atoms with van der Waals surface area (Å²) in [5, 5.41) is 9.78. The van der Waals surface area contributed by atoms with Gasteiger partial charge in [0.25, 0.3) is 0 Å². The molecule has 8 nitrogen and oxygen atoms in total. The normalized spacial score (nSPS) is 13.7. The Balaban J connectivity index is 3.28. The van der Waals surface area contributed by atoms with Crippen molar-refractivity contribution < 1.29 is 33.1 Å². The number of hydrogen-bond donors (Lipinski definition) is 3. The Morgan fingerprint density at radius 3 is 1.29 bits per heavy atom. The van der Waals surface area contributed by atoms with Crippen LogP contribution in [0.4, 0.5) is 0 Å². The van der Waals surface area contributed by atoms with E-state index in [1.807, 2.05) is 0 Å². The lowest BCUT2D eigenvalue weighted by molar-refractivity contribution is -0.147. The second kappa shape index (κ2) is 44.8. The smallest absolute Gasteiger partial charge is 0.463 e. The lowest BCUT2D eigenvalue weighted by Crippen LogP contribution is -2.23. The van der Waals surface area contributed by atoms with Crippen LogP contribution in [0.3, 0.4) is 0 Å². The summed E-state index contributed by atoms with van der Waals surface area (Å²) < 4.78 is 25.8. The number of allylic oxidation sites excluding steroid dienone is 6. The molecule has 4 N–H and O–H groups in total. The molecule has 9 heteroatoms. The predicted molar refractivity (Wildman–Crippen MR) is 238 cm³/mol. The van der Waals surface area contributed by atoms with Gasteiger partial charge in [-0.2, -0.15) is 0 Å². The first-order valence-corrected chi connectivity index (χ1v) is 25.0. The largest absolute Gasteiger partial charge is 0.472 e. The Morgan fingerprint density at radius 2 is 0.893 bits per heavy atom. The number of rotatable bonds is 45. The molecule has 0 saturated heterocycles. The van der Waals surface area contributed by atoms with E-state index in [0.29, 0.717) is 6.42 Å². The van der Waals surface area contributed by atoms with E-state index in [4.69, 9.17) is 10.5 Å². The second-order valence-corrected chi connectivity index (χ2v) is 17.3. The van der Waals surface area contributed by atoms with E-state index in [1.165, 1.54) is 180 Å². The Hall–Kier alpha value is -1.28. The number of hydrogen-bond acceptors (Lipinski definition) is 7. The lowest BCUT2D eigenvalue weighted by Gasteiger charge is -2.15. The Morgan fingerprint density at radius 1 is 0.536 bits per heavy atom. The number of aliphatic hydroxyl groups is 1. The van der Waals surface area contributed by atoms with Gasteiger partial charge in [-0.3, -0.25) is 13.8 Å². The first kappa shape index (κ1) is 54.7. The Bertz CT molecular complexity index is 957. The molecule has 2 unspecified atom stereocenters. The average molecular weight is 812 g/mol. The summed E-state index contributed by atoms with van der Waals surface area (Å²) in [5.74, 6) is -0.381. The monoisotopic (exact) mass is 812 g/mol. The molecule has 0 radical (unpaired) electrons. The van der Waals surface area contributed by atoms with Gasteiger partial charge in [0.2, 0.25) is 0 Å². The van der Waals surface area contributed by atoms with E-state index in [0.717, 1.165) is 32.1 Å². The summed E-state index contributed by atoms with van der Waals surface area (Å²) in [7, 11) is -4.25. The number of carbonyl (C=O) groups excluding carboxylic acids is 1. The minimum absolute atomic E-state index is 0.0754. The minimum atomic E-state index is -4.25. The molecule has 0 saturated carbocycles. The SMILES string of the molecule is CCCCCCC/C=C\C/C=C\C/C=C\CCCCCCCCCCCCCCCCCCCCCCCCCCC(=O)OCC(O)COP(=O)(O)OCCN. The van der Waals surface area contributed by atoms with Gasteiger partial charge in [0, 0.05) is 13.0 Å². The average Bonchev–Trinajstić information content (AvgIpc) is 3.19. The molecule has 0 aliphatic rings. The molecule has 2 atom stereocenters. The zero-order chi connectivity index (χ0) is 40.9. The van der Waals surface area contributed by atoms with Gasteiger partial charge in [0.05, 0.1) is 13.2 Å². The fourth-order valence-electron chi connectivity index (χ4n) is 6.76. The van der Waals surface area contributed by atoms with Gasteiger partial charge in [-0.25, -0.2) is 4.57 Å². The number of phosphoric acid groups is 1. The van der Waals surface area contributed by atoms with Crippen molar-refractivity contribution in [1.82, 2.24) is 0 Å². The molecular weight excluding hydrogens is 721 g/mol. The fourth-order valence-corrected chi connectivity index (χ4v) is 7.53.